The average molecular weight is 200 g/mol. The van der Waals surface area contributed by atoms with Gasteiger partial charge in [-0.3, -0.25) is 4.98 Å². The summed E-state index contributed by atoms with van der Waals surface area (Å²) in [5.41, 5.74) is 4.90. The summed E-state index contributed by atoms with van der Waals surface area (Å²) in [7, 11) is 2.22. The summed E-state index contributed by atoms with van der Waals surface area (Å²) in [6.07, 6.45) is 7.09. The molecule has 78 valence electrons. The van der Waals surface area contributed by atoms with Gasteiger partial charge in [-0.05, 0) is 55.8 Å². The molecule has 1 fully saturated rings. The predicted octanol–water partition coefficient (Wildman–Crippen LogP) is -0.192. The van der Waals surface area contributed by atoms with Gasteiger partial charge in [-0.25, -0.2) is 0 Å². The Kier molecular flexibility index (Phi) is 2.10. The molecule has 1 N–H and O–H groups in total. The van der Waals surface area contributed by atoms with Gasteiger partial charge in [0.05, 0.1) is 0 Å². The molecule has 1 saturated heterocycles. The van der Waals surface area contributed by atoms with Crippen LogP contribution in [0.25, 0.3) is 0 Å². The van der Waals surface area contributed by atoms with E-state index in [1.54, 1.807) is 5.56 Å². The molecular formula is C12H17BN2. The number of pyridine rings is 1. The first-order chi connectivity index (χ1) is 7.29. The van der Waals surface area contributed by atoms with Crippen molar-refractivity contribution in [3.8, 4) is 0 Å². The van der Waals surface area contributed by atoms with Crippen LogP contribution in [0.3, 0.4) is 0 Å². The Bertz CT molecular complexity index is 383. The van der Waals surface area contributed by atoms with Gasteiger partial charge in [0.2, 0.25) is 0 Å². The molecule has 1 aliphatic heterocycles. The fraction of sp³-hybridized carbons (Fsp3) is 0.583. The van der Waals surface area contributed by atoms with E-state index >= 15 is 0 Å². The van der Waals surface area contributed by atoms with E-state index < -0.39 is 0 Å². The molecule has 0 atom stereocenters. The van der Waals surface area contributed by atoms with Crippen molar-refractivity contribution in [1.29, 1.82) is 0 Å². The minimum Gasteiger partial charge on any atom is -0.317 e. The van der Waals surface area contributed by atoms with Gasteiger partial charge in [0.25, 0.3) is 0 Å². The van der Waals surface area contributed by atoms with Crippen molar-refractivity contribution in [2.75, 3.05) is 13.1 Å². The minimum absolute atomic E-state index is 0.548. The number of hydrogen-bond donors (Lipinski definition) is 1. The van der Waals surface area contributed by atoms with Gasteiger partial charge in [0.1, 0.15) is 7.85 Å². The van der Waals surface area contributed by atoms with Gasteiger partial charge in [-0.2, -0.15) is 0 Å². The zero-order valence-corrected chi connectivity index (χ0v) is 9.34. The highest BCUT2D eigenvalue weighted by Crippen LogP contribution is 2.41. The lowest BCUT2D eigenvalue weighted by Gasteiger charge is -2.33. The molecule has 2 nitrogen and oxygen atoms in total. The minimum atomic E-state index is 0.548. The molecule has 15 heavy (non-hydrogen) atoms. The largest absolute Gasteiger partial charge is 0.317 e. The van der Waals surface area contributed by atoms with Crippen LogP contribution < -0.4 is 10.8 Å². The second-order valence-electron chi connectivity index (χ2n) is 5.16. The van der Waals surface area contributed by atoms with Gasteiger partial charge < -0.3 is 5.32 Å². The molecule has 3 heteroatoms. The molecule has 2 aliphatic rings. The van der Waals surface area contributed by atoms with Crippen LogP contribution >= 0.6 is 0 Å². The molecule has 3 rings (SSSR count). The van der Waals surface area contributed by atoms with Gasteiger partial charge in [0, 0.05) is 11.9 Å². The smallest absolute Gasteiger partial charge is 0.139 e. The molecule has 0 amide bonds. The van der Waals surface area contributed by atoms with Gasteiger partial charge in [-0.1, -0.05) is 5.46 Å². The fourth-order valence-electron chi connectivity index (χ4n) is 3.14. The van der Waals surface area contributed by atoms with E-state index in [1.807, 2.05) is 6.20 Å². The van der Waals surface area contributed by atoms with Crippen LogP contribution in [0.5, 0.6) is 0 Å². The first-order valence-electron chi connectivity index (χ1n) is 5.93. The number of fused-ring (bicyclic) bond motifs is 1. The first kappa shape index (κ1) is 9.40. The number of piperidine rings is 1. The van der Waals surface area contributed by atoms with Crippen molar-refractivity contribution in [2.24, 2.45) is 5.41 Å². The quantitative estimate of drug-likeness (QED) is 0.587. The molecule has 0 unspecified atom stereocenters. The standard InChI is InChI=1S/C12H17BN2/c13-10-1-4-15-11-8-12(7-9(10)11)2-5-14-6-3-12/h1,4,14H,2-3,5-8,13H2. The third kappa shape index (κ3) is 1.49. The Labute approximate surface area is 91.9 Å². The van der Waals surface area contributed by atoms with Crippen LogP contribution in [-0.4, -0.2) is 25.9 Å². The Morgan fingerprint density at radius 2 is 2.07 bits per heavy atom. The third-order valence-electron chi connectivity index (χ3n) is 4.14. The van der Waals surface area contributed by atoms with Crippen molar-refractivity contribution in [3.05, 3.63) is 23.5 Å². The van der Waals surface area contributed by atoms with Gasteiger partial charge in [0.15, 0.2) is 0 Å². The highest BCUT2D eigenvalue weighted by Gasteiger charge is 2.39. The molecule has 2 heterocycles. The second kappa shape index (κ2) is 3.34. The summed E-state index contributed by atoms with van der Waals surface area (Å²) in [6, 6.07) is 2.15. The highest BCUT2D eigenvalue weighted by molar-refractivity contribution is 6.33. The summed E-state index contributed by atoms with van der Waals surface area (Å²) < 4.78 is 0. The maximum absolute atomic E-state index is 4.55. The third-order valence-corrected chi connectivity index (χ3v) is 4.14. The molecule has 1 aromatic rings. The lowest BCUT2D eigenvalue weighted by atomic mass is 9.76. The zero-order valence-electron chi connectivity index (χ0n) is 9.34. The Balaban J connectivity index is 1.94. The molecule has 1 aromatic heterocycles. The monoisotopic (exact) mass is 200 g/mol. The van der Waals surface area contributed by atoms with E-state index in [0.717, 1.165) is 0 Å². The summed E-state index contributed by atoms with van der Waals surface area (Å²) in [5, 5.41) is 3.46. The number of hydrogen-bond acceptors (Lipinski definition) is 2. The van der Waals surface area contributed by atoms with E-state index in [2.05, 4.69) is 24.2 Å². The molecule has 0 radical (unpaired) electrons. The molecule has 1 aliphatic carbocycles. The number of nitrogens with one attached hydrogen (secondary N) is 1. The maximum Gasteiger partial charge on any atom is 0.139 e. The lowest BCUT2D eigenvalue weighted by Crippen LogP contribution is -2.37. The van der Waals surface area contributed by atoms with Crippen molar-refractivity contribution in [3.63, 3.8) is 0 Å². The van der Waals surface area contributed by atoms with Gasteiger partial charge in [-0.15, -0.1) is 0 Å². The number of nitrogens with zero attached hydrogens (tertiary/aromatic N) is 1. The van der Waals surface area contributed by atoms with Crippen LogP contribution in [0, 0.1) is 5.41 Å². The van der Waals surface area contributed by atoms with Crippen molar-refractivity contribution in [2.45, 2.75) is 25.7 Å². The average Bonchev–Trinajstić information content (AvgIpc) is 2.59. The predicted molar refractivity (Wildman–Crippen MR) is 64.4 cm³/mol. The topological polar surface area (TPSA) is 24.9 Å². The number of rotatable bonds is 0. The molecule has 0 bridgehead atoms. The summed E-state index contributed by atoms with van der Waals surface area (Å²) in [6.45, 7) is 2.38. The summed E-state index contributed by atoms with van der Waals surface area (Å²) in [4.78, 5) is 4.55. The molecule has 0 aromatic carbocycles. The van der Waals surface area contributed by atoms with E-state index in [4.69, 9.17) is 0 Å². The normalized spacial score (nSPS) is 22.9. The molecular weight excluding hydrogens is 183 g/mol. The van der Waals surface area contributed by atoms with E-state index in [0.29, 0.717) is 5.41 Å². The summed E-state index contributed by atoms with van der Waals surface area (Å²) in [5.74, 6) is 0. The lowest BCUT2D eigenvalue weighted by molar-refractivity contribution is 0.215. The fourth-order valence-corrected chi connectivity index (χ4v) is 3.14. The highest BCUT2D eigenvalue weighted by atomic mass is 14.9. The number of aromatic nitrogens is 1. The van der Waals surface area contributed by atoms with Gasteiger partial charge >= 0.3 is 0 Å². The van der Waals surface area contributed by atoms with E-state index in [-0.39, 0.29) is 0 Å². The maximum atomic E-state index is 4.55. The molecule has 1 spiro atoms. The van der Waals surface area contributed by atoms with Crippen molar-refractivity contribution < 1.29 is 0 Å². The summed E-state index contributed by atoms with van der Waals surface area (Å²) >= 11 is 0. The van der Waals surface area contributed by atoms with Crippen molar-refractivity contribution in [1.82, 2.24) is 10.3 Å². The van der Waals surface area contributed by atoms with Crippen LogP contribution in [0.4, 0.5) is 0 Å². The van der Waals surface area contributed by atoms with Crippen LogP contribution in [0.1, 0.15) is 24.1 Å². The Morgan fingerprint density at radius 3 is 2.80 bits per heavy atom. The van der Waals surface area contributed by atoms with E-state index in [9.17, 15) is 0 Å². The van der Waals surface area contributed by atoms with Crippen LogP contribution in [0.15, 0.2) is 12.3 Å². The zero-order chi connectivity index (χ0) is 10.3. The van der Waals surface area contributed by atoms with Crippen LogP contribution in [0.2, 0.25) is 0 Å². The van der Waals surface area contributed by atoms with Crippen LogP contribution in [-0.2, 0) is 12.8 Å². The molecule has 0 saturated carbocycles. The van der Waals surface area contributed by atoms with E-state index in [1.165, 1.54) is 49.9 Å². The van der Waals surface area contributed by atoms with Crippen molar-refractivity contribution >= 4 is 13.3 Å². The first-order valence-corrected chi connectivity index (χ1v) is 5.93. The SMILES string of the molecule is Bc1ccnc2c1CC1(CCNCC1)C2. The Morgan fingerprint density at radius 1 is 1.27 bits per heavy atom. The second-order valence-corrected chi connectivity index (χ2v) is 5.16. The Hall–Kier alpha value is -0.825.